The van der Waals surface area contributed by atoms with Gasteiger partial charge in [-0.05, 0) is 12.8 Å². The van der Waals surface area contributed by atoms with Crippen molar-refractivity contribution in [1.29, 1.82) is 0 Å². The summed E-state index contributed by atoms with van der Waals surface area (Å²) in [6.07, 6.45) is -3.73. The summed E-state index contributed by atoms with van der Waals surface area (Å²) < 4.78 is 40.7. The summed E-state index contributed by atoms with van der Waals surface area (Å²) in [5.41, 5.74) is -0.445. The number of rotatable bonds is 2. The van der Waals surface area contributed by atoms with Gasteiger partial charge in [-0.2, -0.15) is 13.2 Å². The van der Waals surface area contributed by atoms with Crippen LogP contribution in [0.2, 0.25) is 0 Å². The molecule has 0 radical (unpaired) electrons. The van der Waals surface area contributed by atoms with Crippen LogP contribution in [-0.2, 0) is 9.53 Å². The molecule has 1 saturated heterocycles. The smallest absolute Gasteiger partial charge is 0.369 e. The van der Waals surface area contributed by atoms with E-state index in [4.69, 9.17) is 4.74 Å². The van der Waals surface area contributed by atoms with Gasteiger partial charge in [-0.25, -0.2) is 0 Å². The van der Waals surface area contributed by atoms with Crippen molar-refractivity contribution in [3.05, 3.63) is 0 Å². The molecule has 0 aromatic heterocycles. The van der Waals surface area contributed by atoms with Gasteiger partial charge < -0.3 is 9.64 Å². The first kappa shape index (κ1) is 15.3. The molecule has 1 rings (SSSR count). The van der Waals surface area contributed by atoms with Crippen LogP contribution in [-0.4, -0.2) is 42.8 Å². The van der Waals surface area contributed by atoms with Crippen LogP contribution in [0.5, 0.6) is 0 Å². The molecule has 0 aromatic rings. The van der Waals surface area contributed by atoms with Crippen LogP contribution in [0.1, 0.15) is 33.6 Å². The molecule has 0 spiro atoms. The molecule has 106 valence electrons. The Kier molecular flexibility index (Phi) is 4.64. The predicted octanol–water partition coefficient (Wildman–Crippen LogP) is 2.60. The van der Waals surface area contributed by atoms with E-state index >= 15 is 0 Å². The van der Waals surface area contributed by atoms with Crippen LogP contribution in [0.4, 0.5) is 13.2 Å². The molecule has 3 nitrogen and oxygen atoms in total. The van der Waals surface area contributed by atoms with Crippen molar-refractivity contribution in [2.24, 2.45) is 5.41 Å². The number of amides is 1. The number of alkyl halides is 3. The molecule has 0 N–H and O–H groups in total. The molecule has 1 amide bonds. The number of nitrogens with zero attached hydrogens (tertiary/aromatic N) is 1. The minimum Gasteiger partial charge on any atom is -0.369 e. The maximum atomic E-state index is 12.0. The van der Waals surface area contributed by atoms with Crippen molar-refractivity contribution in [2.45, 2.75) is 45.9 Å². The summed E-state index contributed by atoms with van der Waals surface area (Å²) in [6, 6.07) is 0. The standard InChI is InChI=1S/C12H20F3NO2/c1-11(2,3)10(17)16-6-4-9(5-7-16)18-8-12(13,14)15/h9H,4-8H2,1-3H3. The van der Waals surface area contributed by atoms with Crippen molar-refractivity contribution < 1.29 is 22.7 Å². The third kappa shape index (κ3) is 4.84. The van der Waals surface area contributed by atoms with Crippen molar-refractivity contribution in [2.75, 3.05) is 19.7 Å². The highest BCUT2D eigenvalue weighted by atomic mass is 19.4. The second kappa shape index (κ2) is 5.47. The van der Waals surface area contributed by atoms with Gasteiger partial charge in [-0.1, -0.05) is 20.8 Å². The number of carbonyl (C=O) groups is 1. The van der Waals surface area contributed by atoms with E-state index in [0.717, 1.165) is 0 Å². The Morgan fingerprint density at radius 2 is 1.72 bits per heavy atom. The number of hydrogen-bond donors (Lipinski definition) is 0. The second-order valence-corrected chi connectivity index (χ2v) is 5.67. The summed E-state index contributed by atoms with van der Waals surface area (Å²) in [5.74, 6) is 0.0387. The zero-order valence-corrected chi connectivity index (χ0v) is 11.0. The molecule has 0 aliphatic carbocycles. The number of piperidine rings is 1. The van der Waals surface area contributed by atoms with Gasteiger partial charge in [0.15, 0.2) is 0 Å². The van der Waals surface area contributed by atoms with E-state index in [-0.39, 0.29) is 5.91 Å². The largest absolute Gasteiger partial charge is 0.411 e. The first-order valence-corrected chi connectivity index (χ1v) is 6.07. The van der Waals surface area contributed by atoms with E-state index in [1.165, 1.54) is 0 Å². The van der Waals surface area contributed by atoms with Crippen LogP contribution in [0, 0.1) is 5.41 Å². The molecule has 0 unspecified atom stereocenters. The zero-order chi connectivity index (χ0) is 14.0. The van der Waals surface area contributed by atoms with Crippen LogP contribution in [0.15, 0.2) is 0 Å². The Balaban J connectivity index is 2.35. The molecule has 0 atom stereocenters. The monoisotopic (exact) mass is 267 g/mol. The first-order chi connectivity index (χ1) is 8.09. The fourth-order valence-electron chi connectivity index (χ4n) is 1.91. The van der Waals surface area contributed by atoms with Crippen LogP contribution < -0.4 is 0 Å². The number of likely N-dealkylation sites (tertiary alicyclic amines) is 1. The Morgan fingerprint density at radius 3 is 2.11 bits per heavy atom. The van der Waals surface area contributed by atoms with Crippen molar-refractivity contribution >= 4 is 5.91 Å². The van der Waals surface area contributed by atoms with Crippen molar-refractivity contribution in [3.8, 4) is 0 Å². The minimum atomic E-state index is -4.28. The Hall–Kier alpha value is -0.780. The van der Waals surface area contributed by atoms with Gasteiger partial charge in [-0.15, -0.1) is 0 Å². The van der Waals surface area contributed by atoms with Gasteiger partial charge >= 0.3 is 6.18 Å². The van der Waals surface area contributed by atoms with E-state index in [1.54, 1.807) is 4.90 Å². The average molecular weight is 267 g/mol. The van der Waals surface area contributed by atoms with Gasteiger partial charge in [-0.3, -0.25) is 4.79 Å². The molecule has 0 bridgehead atoms. The van der Waals surface area contributed by atoms with Crippen molar-refractivity contribution in [3.63, 3.8) is 0 Å². The van der Waals surface area contributed by atoms with Gasteiger partial charge in [0.25, 0.3) is 0 Å². The molecule has 6 heteroatoms. The Labute approximate surface area is 105 Å². The SMILES string of the molecule is CC(C)(C)C(=O)N1CCC(OCC(F)(F)F)CC1. The number of hydrogen-bond acceptors (Lipinski definition) is 2. The lowest BCUT2D eigenvalue weighted by Gasteiger charge is -2.35. The molecule has 0 aromatic carbocycles. The fourth-order valence-corrected chi connectivity index (χ4v) is 1.91. The molecule has 1 aliphatic heterocycles. The zero-order valence-electron chi connectivity index (χ0n) is 11.0. The molecular formula is C12H20F3NO2. The summed E-state index contributed by atoms with van der Waals surface area (Å²) in [5, 5.41) is 0. The predicted molar refractivity (Wildman–Crippen MR) is 61.1 cm³/mol. The quantitative estimate of drug-likeness (QED) is 0.769. The van der Waals surface area contributed by atoms with E-state index in [0.29, 0.717) is 25.9 Å². The molecule has 1 heterocycles. The molecule has 0 saturated carbocycles. The second-order valence-electron chi connectivity index (χ2n) is 5.67. The average Bonchev–Trinajstić information content (AvgIpc) is 2.24. The molecule has 18 heavy (non-hydrogen) atoms. The number of carbonyl (C=O) groups excluding carboxylic acids is 1. The van der Waals surface area contributed by atoms with Gasteiger partial charge in [0, 0.05) is 18.5 Å². The topological polar surface area (TPSA) is 29.5 Å². The molecule has 1 aliphatic rings. The van der Waals surface area contributed by atoms with E-state index in [1.807, 2.05) is 20.8 Å². The van der Waals surface area contributed by atoms with Crippen molar-refractivity contribution in [1.82, 2.24) is 4.90 Å². The summed E-state index contributed by atoms with van der Waals surface area (Å²) >= 11 is 0. The maximum absolute atomic E-state index is 12.0. The van der Waals surface area contributed by atoms with E-state index < -0.39 is 24.3 Å². The fraction of sp³-hybridized carbons (Fsp3) is 0.917. The first-order valence-electron chi connectivity index (χ1n) is 6.07. The lowest BCUT2D eigenvalue weighted by Crippen LogP contribution is -2.46. The van der Waals surface area contributed by atoms with Crippen LogP contribution in [0.3, 0.4) is 0 Å². The third-order valence-electron chi connectivity index (χ3n) is 2.85. The Bertz CT molecular complexity index is 289. The Morgan fingerprint density at radius 1 is 1.22 bits per heavy atom. The van der Waals surface area contributed by atoms with Crippen LogP contribution in [0.25, 0.3) is 0 Å². The third-order valence-corrected chi connectivity index (χ3v) is 2.85. The van der Waals surface area contributed by atoms with Crippen LogP contribution >= 0.6 is 0 Å². The highest BCUT2D eigenvalue weighted by Gasteiger charge is 2.33. The van der Waals surface area contributed by atoms with Gasteiger partial charge in [0.2, 0.25) is 5.91 Å². The molecule has 1 fully saturated rings. The summed E-state index contributed by atoms with van der Waals surface area (Å²) in [7, 11) is 0. The normalized spacial score (nSPS) is 19.1. The van der Waals surface area contributed by atoms with Gasteiger partial charge in [0.05, 0.1) is 6.10 Å². The van der Waals surface area contributed by atoms with E-state index in [9.17, 15) is 18.0 Å². The number of ether oxygens (including phenoxy) is 1. The lowest BCUT2D eigenvalue weighted by molar-refractivity contribution is -0.189. The molecular weight excluding hydrogens is 247 g/mol. The minimum absolute atomic E-state index is 0.0387. The van der Waals surface area contributed by atoms with Gasteiger partial charge in [0.1, 0.15) is 6.61 Å². The highest BCUT2D eigenvalue weighted by Crippen LogP contribution is 2.23. The lowest BCUT2D eigenvalue weighted by atomic mass is 9.93. The summed E-state index contributed by atoms with van der Waals surface area (Å²) in [4.78, 5) is 13.7. The maximum Gasteiger partial charge on any atom is 0.411 e. The number of halogens is 3. The highest BCUT2D eigenvalue weighted by molar-refractivity contribution is 5.81. The summed E-state index contributed by atoms with van der Waals surface area (Å²) in [6.45, 7) is 5.24. The van der Waals surface area contributed by atoms with E-state index in [2.05, 4.69) is 0 Å².